The van der Waals surface area contributed by atoms with Crippen LogP contribution in [0.15, 0.2) is 71.5 Å². The van der Waals surface area contributed by atoms with Crippen LogP contribution in [0.1, 0.15) is 28.5 Å². The molecule has 0 aliphatic heterocycles. The molecule has 0 aliphatic rings. The molecule has 0 saturated heterocycles. The van der Waals surface area contributed by atoms with Crippen molar-refractivity contribution in [3.05, 3.63) is 88.3 Å². The van der Waals surface area contributed by atoms with Gasteiger partial charge in [-0.15, -0.1) is 0 Å². The second-order valence-electron chi connectivity index (χ2n) is 6.09. The lowest BCUT2D eigenvalue weighted by Gasteiger charge is -2.10. The Kier molecular flexibility index (Phi) is 4.39. The fraction of sp³-hybridized carbons (Fsp3) is 0.0952. The number of aromatic nitrogens is 3. The number of halogens is 1. The summed E-state index contributed by atoms with van der Waals surface area (Å²) < 4.78 is 3.12. The third-order valence-corrected chi connectivity index (χ3v) is 5.27. The molecule has 0 N–H and O–H groups in total. The Morgan fingerprint density at radius 3 is 2.38 bits per heavy atom. The predicted octanol–water partition coefficient (Wildman–Crippen LogP) is 4.98. The highest BCUT2D eigenvalue weighted by Gasteiger charge is 2.18. The molecule has 0 fully saturated rings. The fourth-order valence-electron chi connectivity index (χ4n) is 3.10. The third kappa shape index (κ3) is 2.95. The maximum Gasteiger partial charge on any atom is 0.234 e. The predicted molar refractivity (Wildman–Crippen MR) is 106 cm³/mol. The lowest BCUT2D eigenvalue weighted by Crippen LogP contribution is -2.05. The first-order chi connectivity index (χ1) is 12.6. The summed E-state index contributed by atoms with van der Waals surface area (Å²) in [6, 6.07) is 17.7. The Morgan fingerprint density at radius 1 is 1.00 bits per heavy atom. The van der Waals surface area contributed by atoms with Crippen LogP contribution >= 0.6 is 15.9 Å². The van der Waals surface area contributed by atoms with E-state index in [4.69, 9.17) is 0 Å². The average Bonchev–Trinajstić information content (AvgIpc) is 2.95. The van der Waals surface area contributed by atoms with Crippen molar-refractivity contribution < 1.29 is 4.79 Å². The molecule has 0 radical (unpaired) electrons. The van der Waals surface area contributed by atoms with Gasteiger partial charge in [-0.3, -0.25) is 9.36 Å². The minimum Gasteiger partial charge on any atom is -0.295 e. The molecular weight excluding hydrogens is 390 g/mol. The van der Waals surface area contributed by atoms with Crippen LogP contribution in [0.2, 0.25) is 0 Å². The molecule has 4 aromatic rings. The van der Waals surface area contributed by atoms with E-state index in [0.29, 0.717) is 12.4 Å². The molecule has 26 heavy (non-hydrogen) atoms. The first kappa shape index (κ1) is 16.7. The van der Waals surface area contributed by atoms with E-state index in [2.05, 4.69) is 42.6 Å². The molecule has 0 amide bonds. The summed E-state index contributed by atoms with van der Waals surface area (Å²) in [5.41, 5.74) is 3.98. The first-order valence-corrected chi connectivity index (χ1v) is 9.09. The van der Waals surface area contributed by atoms with E-state index in [1.807, 2.05) is 42.5 Å². The van der Waals surface area contributed by atoms with Crippen LogP contribution < -0.4 is 0 Å². The molecule has 2 aromatic carbocycles. The van der Waals surface area contributed by atoms with Crippen LogP contribution in [-0.4, -0.2) is 20.3 Å². The molecular formula is C21H16BrN3O. The number of hydrogen-bond donors (Lipinski definition) is 0. The maximum absolute atomic E-state index is 11.5. The van der Waals surface area contributed by atoms with E-state index in [1.54, 1.807) is 19.3 Å². The van der Waals surface area contributed by atoms with Crippen LogP contribution in [-0.2, 0) is 6.42 Å². The minimum atomic E-state index is 0.0736. The number of rotatable bonds is 4. The molecule has 4 nitrogen and oxygen atoms in total. The zero-order valence-electron chi connectivity index (χ0n) is 14.2. The molecule has 128 valence electrons. The summed E-state index contributed by atoms with van der Waals surface area (Å²) in [5.74, 6) is 0.717. The zero-order chi connectivity index (χ0) is 18.1. The molecule has 0 bridgehead atoms. The number of benzene rings is 2. The Labute approximate surface area is 159 Å². The number of carbonyl (C=O) groups excluding carboxylic acids is 1. The van der Waals surface area contributed by atoms with Gasteiger partial charge in [0.15, 0.2) is 5.78 Å². The lowest BCUT2D eigenvalue weighted by atomic mass is 10.1. The summed E-state index contributed by atoms with van der Waals surface area (Å²) in [7, 11) is 0. The van der Waals surface area contributed by atoms with E-state index in [0.717, 1.165) is 32.2 Å². The van der Waals surface area contributed by atoms with Crippen molar-refractivity contribution in [2.75, 3.05) is 0 Å². The number of hydrogen-bond acceptors (Lipinski definition) is 3. The minimum absolute atomic E-state index is 0.0736. The van der Waals surface area contributed by atoms with Gasteiger partial charge in [-0.05, 0) is 40.5 Å². The molecule has 0 atom stereocenters. The summed E-state index contributed by atoms with van der Waals surface area (Å²) in [5, 5.41) is 1.12. The van der Waals surface area contributed by atoms with Crippen molar-refractivity contribution in [1.82, 2.24) is 14.5 Å². The number of Topliss-reactive ketones (excluding diaryl/α,β-unsaturated/α-hetero) is 1. The normalized spacial score (nSPS) is 11.0. The number of para-hydroxylation sites is 1. The van der Waals surface area contributed by atoms with Crippen molar-refractivity contribution in [3.63, 3.8) is 0 Å². The largest absolute Gasteiger partial charge is 0.295 e. The molecule has 0 spiro atoms. The van der Waals surface area contributed by atoms with Crippen LogP contribution in [0.5, 0.6) is 0 Å². The van der Waals surface area contributed by atoms with Gasteiger partial charge in [0, 0.05) is 39.9 Å². The van der Waals surface area contributed by atoms with E-state index in [1.165, 1.54) is 0 Å². The van der Waals surface area contributed by atoms with Gasteiger partial charge in [-0.2, -0.15) is 0 Å². The Morgan fingerprint density at radius 2 is 1.69 bits per heavy atom. The van der Waals surface area contributed by atoms with E-state index >= 15 is 0 Å². The maximum atomic E-state index is 11.5. The Balaban J connectivity index is 1.86. The van der Waals surface area contributed by atoms with Crippen molar-refractivity contribution in [2.45, 2.75) is 13.3 Å². The topological polar surface area (TPSA) is 47.8 Å². The molecule has 5 heteroatoms. The Bertz CT molecular complexity index is 1090. The molecule has 4 rings (SSSR count). The highest BCUT2D eigenvalue weighted by atomic mass is 79.9. The summed E-state index contributed by atoms with van der Waals surface area (Å²) >= 11 is 3.76. The fourth-order valence-corrected chi connectivity index (χ4v) is 3.75. The second kappa shape index (κ2) is 6.84. The van der Waals surface area contributed by atoms with Gasteiger partial charge < -0.3 is 0 Å². The number of carbonyl (C=O) groups is 1. The lowest BCUT2D eigenvalue weighted by molar-refractivity contribution is 0.101. The molecule has 0 aliphatic carbocycles. The van der Waals surface area contributed by atoms with Crippen LogP contribution in [0.3, 0.4) is 0 Å². The molecule has 2 heterocycles. The van der Waals surface area contributed by atoms with Gasteiger partial charge in [0.2, 0.25) is 5.95 Å². The van der Waals surface area contributed by atoms with Crippen LogP contribution in [0.4, 0.5) is 0 Å². The van der Waals surface area contributed by atoms with Gasteiger partial charge in [0.05, 0.1) is 5.52 Å². The smallest absolute Gasteiger partial charge is 0.234 e. The van der Waals surface area contributed by atoms with E-state index < -0.39 is 0 Å². The monoisotopic (exact) mass is 405 g/mol. The van der Waals surface area contributed by atoms with E-state index in [-0.39, 0.29) is 5.78 Å². The van der Waals surface area contributed by atoms with Crippen molar-refractivity contribution in [3.8, 4) is 5.95 Å². The second-order valence-corrected chi connectivity index (χ2v) is 6.88. The third-order valence-electron chi connectivity index (χ3n) is 4.39. The Hall–Kier alpha value is -2.79. The van der Waals surface area contributed by atoms with Crippen molar-refractivity contribution >= 4 is 32.6 Å². The molecule has 2 aromatic heterocycles. The average molecular weight is 406 g/mol. The van der Waals surface area contributed by atoms with E-state index in [9.17, 15) is 4.79 Å². The first-order valence-electron chi connectivity index (χ1n) is 8.30. The van der Waals surface area contributed by atoms with Crippen molar-refractivity contribution in [2.24, 2.45) is 0 Å². The van der Waals surface area contributed by atoms with Crippen molar-refractivity contribution in [1.29, 1.82) is 0 Å². The van der Waals surface area contributed by atoms with Gasteiger partial charge in [-0.25, -0.2) is 9.97 Å². The SMILES string of the molecule is CC(=O)c1ccc(Cc2c(Br)c3ccccc3n2-c2ncccn2)cc1. The van der Waals surface area contributed by atoms with Gasteiger partial charge in [-0.1, -0.05) is 42.5 Å². The van der Waals surface area contributed by atoms with Gasteiger partial charge in [0.1, 0.15) is 0 Å². The van der Waals surface area contributed by atoms with Crippen LogP contribution in [0.25, 0.3) is 16.9 Å². The highest BCUT2D eigenvalue weighted by Crippen LogP contribution is 2.34. The van der Waals surface area contributed by atoms with Crippen LogP contribution in [0, 0.1) is 0 Å². The summed E-state index contributed by atoms with van der Waals surface area (Å²) in [4.78, 5) is 20.4. The zero-order valence-corrected chi connectivity index (χ0v) is 15.8. The molecule has 0 saturated carbocycles. The number of fused-ring (bicyclic) bond motifs is 1. The summed E-state index contributed by atoms with van der Waals surface area (Å²) in [6.45, 7) is 1.58. The van der Waals surface area contributed by atoms with Gasteiger partial charge in [0.25, 0.3) is 0 Å². The number of ketones is 1. The number of nitrogens with zero attached hydrogens (tertiary/aromatic N) is 3. The summed E-state index contributed by atoms with van der Waals surface area (Å²) in [6.07, 6.45) is 4.19. The standard InChI is InChI=1S/C21H16BrN3O/c1-14(26)16-9-7-15(8-10-16)13-19-20(22)17-5-2-3-6-18(17)25(19)21-23-11-4-12-24-21/h2-12H,13H2,1H3. The molecule has 0 unspecified atom stereocenters. The van der Waals surface area contributed by atoms with Gasteiger partial charge >= 0.3 is 0 Å². The highest BCUT2D eigenvalue weighted by molar-refractivity contribution is 9.10. The quantitative estimate of drug-likeness (QED) is 0.450.